The normalized spacial score (nSPS) is 10.9. The van der Waals surface area contributed by atoms with Gasteiger partial charge in [-0.25, -0.2) is 0 Å². The summed E-state index contributed by atoms with van der Waals surface area (Å²) in [5, 5.41) is 31.6. The van der Waals surface area contributed by atoms with Gasteiger partial charge in [0.1, 0.15) is 5.75 Å². The van der Waals surface area contributed by atoms with E-state index in [9.17, 15) is 25.3 Å². The quantitative estimate of drug-likeness (QED) is 0.488. The highest BCUT2D eigenvalue weighted by molar-refractivity contribution is 9.10. The van der Waals surface area contributed by atoms with Gasteiger partial charge >= 0.3 is 0 Å². The fraction of sp³-hybridized carbons (Fsp3) is 0.0714. The van der Waals surface area contributed by atoms with Gasteiger partial charge in [0.2, 0.25) is 0 Å². The molecule has 23 heavy (non-hydrogen) atoms. The van der Waals surface area contributed by atoms with Crippen LogP contribution in [0.15, 0.2) is 39.8 Å². The first kappa shape index (κ1) is 16.6. The molecule has 1 N–H and O–H groups in total. The number of non-ortho nitro benzene ring substituents is 1. The summed E-state index contributed by atoms with van der Waals surface area (Å²) in [5.74, 6) is -0.207. The lowest BCUT2D eigenvalue weighted by atomic mass is 10.1. The van der Waals surface area contributed by atoms with Crippen LogP contribution in [0.25, 0.3) is 0 Å². The minimum Gasteiger partial charge on any atom is -0.506 e. The Morgan fingerprint density at radius 3 is 2.48 bits per heavy atom. The summed E-state index contributed by atoms with van der Waals surface area (Å²) in [4.78, 5) is 24.6. The summed E-state index contributed by atoms with van der Waals surface area (Å²) in [6.07, 6.45) is 1.21. The van der Waals surface area contributed by atoms with E-state index in [1.54, 1.807) is 19.1 Å². The lowest BCUT2D eigenvalue weighted by Crippen LogP contribution is -1.92. The molecule has 118 valence electrons. The van der Waals surface area contributed by atoms with Gasteiger partial charge < -0.3 is 5.11 Å². The Balaban J connectivity index is 2.43. The molecule has 2 aromatic carbocycles. The zero-order valence-electron chi connectivity index (χ0n) is 11.8. The molecule has 0 aromatic heterocycles. The summed E-state index contributed by atoms with van der Waals surface area (Å²) in [6.45, 7) is 1.61. The first-order chi connectivity index (χ1) is 10.8. The minimum atomic E-state index is -0.599. The fourth-order valence-corrected chi connectivity index (χ4v) is 2.29. The highest BCUT2D eigenvalue weighted by Gasteiger charge is 2.14. The number of aromatic hydroxyl groups is 1. The van der Waals surface area contributed by atoms with Crippen LogP contribution in [0.3, 0.4) is 0 Å². The highest BCUT2D eigenvalue weighted by atomic mass is 79.9. The van der Waals surface area contributed by atoms with Crippen molar-refractivity contribution in [1.29, 1.82) is 0 Å². The third-order valence-corrected chi connectivity index (χ3v) is 3.64. The second-order valence-corrected chi connectivity index (χ2v) is 5.46. The Kier molecular flexibility index (Phi) is 4.70. The molecule has 0 saturated heterocycles. The molecule has 0 heterocycles. The monoisotopic (exact) mass is 379 g/mol. The number of rotatable bonds is 4. The largest absolute Gasteiger partial charge is 0.506 e. The fourth-order valence-electron chi connectivity index (χ4n) is 1.83. The maximum Gasteiger partial charge on any atom is 0.274 e. The van der Waals surface area contributed by atoms with E-state index in [-0.39, 0.29) is 27.2 Å². The van der Waals surface area contributed by atoms with Gasteiger partial charge in [0.25, 0.3) is 11.4 Å². The van der Waals surface area contributed by atoms with Crippen LogP contribution in [-0.4, -0.2) is 21.2 Å². The van der Waals surface area contributed by atoms with Crippen molar-refractivity contribution < 1.29 is 15.0 Å². The van der Waals surface area contributed by atoms with Crippen molar-refractivity contribution in [2.75, 3.05) is 0 Å². The second-order valence-electron chi connectivity index (χ2n) is 4.61. The van der Waals surface area contributed by atoms with Crippen LogP contribution in [0, 0.1) is 27.2 Å². The number of nitro benzene ring substituents is 2. The van der Waals surface area contributed by atoms with Gasteiger partial charge in [-0.05, 0) is 28.9 Å². The number of aliphatic imine (C=N–C) groups is 1. The van der Waals surface area contributed by atoms with Gasteiger partial charge in [-0.2, -0.15) is 0 Å². The third kappa shape index (κ3) is 3.69. The first-order valence-electron chi connectivity index (χ1n) is 6.25. The van der Waals surface area contributed by atoms with Crippen LogP contribution in [-0.2, 0) is 0 Å². The summed E-state index contributed by atoms with van der Waals surface area (Å²) < 4.78 is 0.156. The van der Waals surface area contributed by atoms with E-state index in [1.807, 2.05) is 0 Å². The molecule has 0 unspecified atom stereocenters. The summed E-state index contributed by atoms with van der Waals surface area (Å²) in [5.41, 5.74) is 0.614. The molecule has 0 aliphatic rings. The van der Waals surface area contributed by atoms with Crippen LogP contribution < -0.4 is 0 Å². The second kappa shape index (κ2) is 6.53. The number of aryl methyl sites for hydroxylation is 1. The van der Waals surface area contributed by atoms with E-state index >= 15 is 0 Å². The Hall–Kier alpha value is -2.81. The number of nitro groups is 2. The van der Waals surface area contributed by atoms with Crippen LogP contribution in [0.1, 0.15) is 11.1 Å². The van der Waals surface area contributed by atoms with Crippen LogP contribution in [0.5, 0.6) is 5.75 Å². The molecule has 0 amide bonds. The third-order valence-electron chi connectivity index (χ3n) is 3.03. The van der Waals surface area contributed by atoms with Gasteiger partial charge in [0.15, 0.2) is 0 Å². The van der Waals surface area contributed by atoms with Crippen molar-refractivity contribution in [2.24, 2.45) is 4.99 Å². The van der Waals surface area contributed by atoms with Crippen LogP contribution in [0.2, 0.25) is 0 Å². The number of halogens is 1. The number of hydrogen-bond donors (Lipinski definition) is 1. The molecule has 0 radical (unpaired) electrons. The Morgan fingerprint density at radius 2 is 1.87 bits per heavy atom. The molecule has 0 saturated carbocycles. The number of nitrogens with zero attached hydrogens (tertiary/aromatic N) is 3. The lowest BCUT2D eigenvalue weighted by molar-refractivity contribution is -0.385. The van der Waals surface area contributed by atoms with Crippen molar-refractivity contribution >= 4 is 39.2 Å². The summed E-state index contributed by atoms with van der Waals surface area (Å²) >= 11 is 3.03. The number of phenols is 1. The van der Waals surface area contributed by atoms with Gasteiger partial charge in [0.05, 0.1) is 20.0 Å². The molecule has 0 aliphatic carbocycles. The van der Waals surface area contributed by atoms with Crippen molar-refractivity contribution in [1.82, 2.24) is 0 Å². The minimum absolute atomic E-state index is 0.0795. The molecule has 2 aromatic rings. The molecule has 8 nitrogen and oxygen atoms in total. The van der Waals surface area contributed by atoms with E-state index in [4.69, 9.17) is 0 Å². The first-order valence-corrected chi connectivity index (χ1v) is 7.05. The van der Waals surface area contributed by atoms with Crippen LogP contribution in [0.4, 0.5) is 17.1 Å². The Morgan fingerprint density at radius 1 is 1.17 bits per heavy atom. The number of phenolic OH excluding ortho intramolecular Hbond substituents is 1. The average molecular weight is 380 g/mol. The number of hydrogen-bond acceptors (Lipinski definition) is 6. The molecule has 0 bridgehead atoms. The summed E-state index contributed by atoms with van der Waals surface area (Å²) in [7, 11) is 0. The topological polar surface area (TPSA) is 119 Å². The molecule has 0 spiro atoms. The van der Waals surface area contributed by atoms with Crippen molar-refractivity contribution in [2.45, 2.75) is 6.92 Å². The van der Waals surface area contributed by atoms with Crippen LogP contribution >= 0.6 is 15.9 Å². The molecule has 0 atom stereocenters. The van der Waals surface area contributed by atoms with Gasteiger partial charge in [-0.1, -0.05) is 6.07 Å². The van der Waals surface area contributed by atoms with E-state index in [2.05, 4.69) is 20.9 Å². The Labute approximate surface area is 138 Å². The number of benzene rings is 2. The van der Waals surface area contributed by atoms with Gasteiger partial charge in [-0.3, -0.25) is 25.2 Å². The lowest BCUT2D eigenvalue weighted by Gasteiger charge is -2.02. The van der Waals surface area contributed by atoms with Crippen molar-refractivity contribution in [3.8, 4) is 5.75 Å². The smallest absolute Gasteiger partial charge is 0.274 e. The SMILES string of the molecule is Cc1ccc(N=Cc2cc([N+](=O)[O-])cc(Br)c2O)cc1[N+](=O)[O-]. The van der Waals surface area contributed by atoms with Crippen molar-refractivity contribution in [3.05, 3.63) is 66.2 Å². The van der Waals surface area contributed by atoms with E-state index in [0.717, 1.165) is 6.07 Å². The van der Waals surface area contributed by atoms with Gasteiger partial charge in [0, 0.05) is 35.5 Å². The van der Waals surface area contributed by atoms with Crippen molar-refractivity contribution in [3.63, 3.8) is 0 Å². The standard InChI is InChI=1S/C14H10BrN3O5/c1-8-2-3-10(5-13(8)18(22)23)16-7-9-4-11(17(20)21)6-12(15)14(9)19/h2-7,19H,1H3. The molecule has 9 heteroatoms. The molecular weight excluding hydrogens is 370 g/mol. The van der Waals surface area contributed by atoms with E-state index < -0.39 is 9.85 Å². The zero-order valence-corrected chi connectivity index (χ0v) is 13.3. The maximum atomic E-state index is 10.9. The molecule has 0 aliphatic heterocycles. The van der Waals surface area contributed by atoms with E-state index in [0.29, 0.717) is 11.3 Å². The summed E-state index contributed by atoms with van der Waals surface area (Å²) in [6, 6.07) is 6.74. The van der Waals surface area contributed by atoms with Gasteiger partial charge in [-0.15, -0.1) is 0 Å². The van der Waals surface area contributed by atoms with E-state index in [1.165, 1.54) is 18.3 Å². The Bertz CT molecular complexity index is 835. The highest BCUT2D eigenvalue weighted by Crippen LogP contribution is 2.32. The zero-order chi connectivity index (χ0) is 17.1. The molecule has 2 rings (SSSR count). The predicted molar refractivity (Wildman–Crippen MR) is 87.5 cm³/mol. The molecular formula is C14H10BrN3O5. The predicted octanol–water partition coefficient (Wildman–Crippen LogP) is 4.03. The molecule has 0 fully saturated rings. The maximum absolute atomic E-state index is 10.9. The average Bonchev–Trinajstić information content (AvgIpc) is 2.49.